The maximum Gasteiger partial charge on any atom is 0.365 e. The third-order valence-electron chi connectivity index (χ3n) is 6.71. The van der Waals surface area contributed by atoms with E-state index in [4.69, 9.17) is 25.8 Å². The minimum Gasteiger partial charge on any atom is -1.00 e. The molecule has 218 valence electrons. The van der Waals surface area contributed by atoms with E-state index in [9.17, 15) is 4.79 Å². The Morgan fingerprint density at radius 2 is 1.27 bits per heavy atom. The minimum absolute atomic E-state index is 0. The third-order valence-corrected chi connectivity index (χ3v) is 7.08. The Kier molecular flexibility index (Phi) is 15.4. The lowest BCUT2D eigenvalue weighted by Gasteiger charge is -2.32. The number of hydrogen-bond acceptors (Lipinski definition) is 4. The van der Waals surface area contributed by atoms with Crippen LogP contribution in [0.2, 0.25) is 5.02 Å². The summed E-state index contributed by atoms with van der Waals surface area (Å²) in [5.41, 5.74) is 2.12. The van der Waals surface area contributed by atoms with Crippen molar-refractivity contribution in [2.45, 2.75) is 57.6 Å². The van der Waals surface area contributed by atoms with E-state index in [1.165, 1.54) is 0 Å². The maximum absolute atomic E-state index is 12.8. The van der Waals surface area contributed by atoms with E-state index in [2.05, 4.69) is 12.1 Å². The molecule has 0 aliphatic carbocycles. The molecule has 0 bridgehead atoms. The van der Waals surface area contributed by atoms with E-state index in [-0.39, 0.29) is 36.0 Å². The highest BCUT2D eigenvalue weighted by atomic mass is 127. The number of carbonyl (C=O) groups excluding carboxylic acids is 1. The fraction of sp³-hybridized carbons (Fsp3) is 0.424. The molecule has 40 heavy (non-hydrogen) atoms. The smallest absolute Gasteiger partial charge is 0.365 e. The first-order valence-corrected chi connectivity index (χ1v) is 14.3. The molecule has 0 saturated heterocycles. The van der Waals surface area contributed by atoms with Crippen LogP contribution >= 0.6 is 11.6 Å². The molecule has 5 nitrogen and oxygen atoms in total. The molecule has 0 aromatic heterocycles. The number of rotatable bonds is 17. The first kappa shape index (κ1) is 33.9. The monoisotopic (exact) mass is 679 g/mol. The molecule has 0 amide bonds. The summed E-state index contributed by atoms with van der Waals surface area (Å²) in [5, 5.41) is 0.712. The quantitative estimate of drug-likeness (QED) is 0.0913. The van der Waals surface area contributed by atoms with Crippen molar-refractivity contribution >= 4 is 17.6 Å². The van der Waals surface area contributed by atoms with Gasteiger partial charge in [0.05, 0.1) is 34.4 Å². The zero-order valence-electron chi connectivity index (χ0n) is 24.0. The molecule has 7 heteroatoms. The van der Waals surface area contributed by atoms with Crippen LogP contribution in [-0.4, -0.2) is 50.9 Å². The van der Waals surface area contributed by atoms with Crippen molar-refractivity contribution in [3.8, 4) is 11.5 Å². The first-order chi connectivity index (χ1) is 18.8. The summed E-state index contributed by atoms with van der Waals surface area (Å²) in [4.78, 5) is 12.8. The number of ether oxygens (including phenoxy) is 3. The molecule has 0 heterocycles. The highest BCUT2D eigenvalue weighted by molar-refractivity contribution is 6.31. The van der Waals surface area contributed by atoms with E-state index in [0.717, 1.165) is 61.2 Å². The molecule has 1 atom stereocenters. The molecule has 3 aromatic rings. The van der Waals surface area contributed by atoms with Crippen LogP contribution in [0.1, 0.15) is 49.7 Å². The lowest BCUT2D eigenvalue weighted by atomic mass is 10.0. The van der Waals surface area contributed by atoms with Crippen molar-refractivity contribution in [1.29, 1.82) is 0 Å². The number of quaternary nitrogens is 1. The Balaban J connectivity index is 0.00000560. The van der Waals surface area contributed by atoms with Gasteiger partial charge in [-0.25, -0.2) is 4.79 Å². The fourth-order valence-corrected chi connectivity index (χ4v) is 4.48. The summed E-state index contributed by atoms with van der Waals surface area (Å²) in [6.45, 7) is 1.63. The van der Waals surface area contributed by atoms with Crippen LogP contribution < -0.4 is 33.5 Å². The van der Waals surface area contributed by atoms with Gasteiger partial charge in [-0.05, 0) is 48.7 Å². The van der Waals surface area contributed by atoms with Crippen molar-refractivity contribution in [3.63, 3.8) is 0 Å². The molecule has 1 unspecified atom stereocenters. The van der Waals surface area contributed by atoms with Gasteiger partial charge in [-0.1, -0.05) is 85.8 Å². The molecule has 0 aliphatic rings. The van der Waals surface area contributed by atoms with Crippen LogP contribution in [0.5, 0.6) is 11.5 Å². The van der Waals surface area contributed by atoms with Crippen molar-refractivity contribution in [3.05, 3.63) is 95.0 Å². The molecule has 0 fully saturated rings. The molecule has 3 aromatic carbocycles. The lowest BCUT2D eigenvalue weighted by Crippen LogP contribution is -3.00. The van der Waals surface area contributed by atoms with Gasteiger partial charge in [0.25, 0.3) is 0 Å². The van der Waals surface area contributed by atoms with Crippen LogP contribution in [0.15, 0.2) is 78.9 Å². The second-order valence-electron chi connectivity index (χ2n) is 10.8. The molecular weight excluding hydrogens is 637 g/mol. The Morgan fingerprint density at radius 1 is 0.725 bits per heavy atom. The van der Waals surface area contributed by atoms with Gasteiger partial charge in [0, 0.05) is 17.0 Å². The Morgan fingerprint density at radius 3 is 1.90 bits per heavy atom. The highest BCUT2D eigenvalue weighted by Gasteiger charge is 2.33. The first-order valence-electron chi connectivity index (χ1n) is 13.9. The van der Waals surface area contributed by atoms with Crippen LogP contribution in [0.4, 0.5) is 0 Å². The Hall–Kier alpha value is -2.29. The van der Waals surface area contributed by atoms with Gasteiger partial charge in [-0.15, -0.1) is 0 Å². The molecule has 0 radical (unpaired) electrons. The van der Waals surface area contributed by atoms with Crippen molar-refractivity contribution in [2.75, 3.05) is 34.4 Å². The summed E-state index contributed by atoms with van der Waals surface area (Å²) < 4.78 is 17.9. The summed E-state index contributed by atoms with van der Waals surface area (Å²) in [6, 6.07) is 25.4. The minimum atomic E-state index is -0.204. The number of hydrogen-bond donors (Lipinski definition) is 0. The van der Waals surface area contributed by atoms with Gasteiger partial charge in [-0.3, -0.25) is 0 Å². The average molecular weight is 680 g/mol. The number of benzene rings is 3. The van der Waals surface area contributed by atoms with Crippen LogP contribution in [0.25, 0.3) is 0 Å². The predicted octanol–water partition coefficient (Wildman–Crippen LogP) is 4.50. The SMILES string of the molecule is C[N+](C)(C)C(Cc1ccccc1)C(=O)OCCCCCCCCOc1ccc(OCc2ccccc2Cl)cc1.[I-]. The van der Waals surface area contributed by atoms with Gasteiger partial charge in [0.15, 0.2) is 6.04 Å². The maximum atomic E-state index is 12.8. The van der Waals surface area contributed by atoms with Crippen molar-refractivity contribution in [2.24, 2.45) is 0 Å². The second-order valence-corrected chi connectivity index (χ2v) is 11.2. The molecule has 3 rings (SSSR count). The molecule has 0 spiro atoms. The van der Waals surface area contributed by atoms with Gasteiger partial charge >= 0.3 is 5.97 Å². The Bertz CT molecular complexity index is 1120. The number of halogens is 2. The largest absolute Gasteiger partial charge is 1.00 e. The predicted molar refractivity (Wildman–Crippen MR) is 158 cm³/mol. The Labute approximate surface area is 262 Å². The van der Waals surface area contributed by atoms with Gasteiger partial charge in [0.1, 0.15) is 18.1 Å². The van der Waals surface area contributed by atoms with Gasteiger partial charge in [-0.2, -0.15) is 0 Å². The van der Waals surface area contributed by atoms with Gasteiger partial charge in [0.2, 0.25) is 0 Å². The van der Waals surface area contributed by atoms with E-state index in [1.54, 1.807) is 0 Å². The number of nitrogens with zero attached hydrogens (tertiary/aromatic N) is 1. The van der Waals surface area contributed by atoms with Crippen molar-refractivity contribution in [1.82, 2.24) is 0 Å². The lowest BCUT2D eigenvalue weighted by molar-refractivity contribution is -0.887. The number of carbonyl (C=O) groups is 1. The molecule has 0 aliphatic heterocycles. The highest BCUT2D eigenvalue weighted by Crippen LogP contribution is 2.21. The average Bonchev–Trinajstić information content (AvgIpc) is 2.93. The fourth-order valence-electron chi connectivity index (χ4n) is 4.29. The van der Waals surface area contributed by atoms with E-state index >= 15 is 0 Å². The summed E-state index contributed by atoms with van der Waals surface area (Å²) in [7, 11) is 6.14. The second kappa shape index (κ2) is 18.2. The summed E-state index contributed by atoms with van der Waals surface area (Å²) >= 11 is 6.18. The topological polar surface area (TPSA) is 44.8 Å². The van der Waals surface area contributed by atoms with Crippen LogP contribution in [0, 0.1) is 0 Å². The number of esters is 1. The number of unbranched alkanes of at least 4 members (excludes halogenated alkanes) is 5. The summed E-state index contributed by atoms with van der Waals surface area (Å²) in [5.74, 6) is 1.53. The zero-order chi connectivity index (χ0) is 27.9. The normalized spacial score (nSPS) is 11.8. The molecular formula is C33H43ClINO4. The van der Waals surface area contributed by atoms with Crippen LogP contribution in [-0.2, 0) is 22.6 Å². The third kappa shape index (κ3) is 12.5. The van der Waals surface area contributed by atoms with Crippen molar-refractivity contribution < 1.29 is 47.5 Å². The van der Waals surface area contributed by atoms with Crippen LogP contribution in [0.3, 0.4) is 0 Å². The zero-order valence-corrected chi connectivity index (χ0v) is 26.9. The van der Waals surface area contributed by atoms with Gasteiger partial charge < -0.3 is 42.7 Å². The summed E-state index contributed by atoms with van der Waals surface area (Å²) in [6.07, 6.45) is 7.09. The van der Waals surface area contributed by atoms with E-state index in [0.29, 0.717) is 35.7 Å². The van der Waals surface area contributed by atoms with E-state index in [1.807, 2.05) is 87.9 Å². The molecule has 0 N–H and O–H groups in total. The standard InChI is InChI=1S/C33H43ClNO4.HI/c1-35(2,3)32(25-27-15-9-8-10-16-27)33(36)38-24-14-7-5-4-6-13-23-37-29-19-21-30(22-20-29)39-26-28-17-11-12-18-31(28)34;/h8-12,15-22,32H,4-7,13-14,23-26H2,1-3H3;1H/q+1;/p-1. The number of likely N-dealkylation sites (N-methyl/N-ethyl adjacent to an activating group) is 1. The molecule has 0 saturated carbocycles. The van der Waals surface area contributed by atoms with E-state index < -0.39 is 0 Å².